The molecule has 1 aromatic heterocycles. The van der Waals surface area contributed by atoms with E-state index in [0.29, 0.717) is 5.92 Å². The Hall–Kier alpha value is -0.960. The highest BCUT2D eigenvalue weighted by molar-refractivity contribution is 5.28. The molecule has 2 rings (SSSR count). The zero-order valence-corrected chi connectivity index (χ0v) is 7.12. The van der Waals surface area contributed by atoms with Gasteiger partial charge in [-0.3, -0.25) is 0 Å². The standard InChI is InChI=1S/C9H13NO2/c1-11-7-4-5-12-9(7)8(10)6-2-3-6/h4-6,8H,2-3,10H2,1H3. The van der Waals surface area contributed by atoms with Crippen molar-refractivity contribution in [2.45, 2.75) is 18.9 Å². The first-order chi connectivity index (χ1) is 5.83. The molecular weight excluding hydrogens is 154 g/mol. The predicted octanol–water partition coefficient (Wildman–Crippen LogP) is 1.70. The number of hydrogen-bond donors (Lipinski definition) is 1. The Morgan fingerprint density at radius 1 is 1.67 bits per heavy atom. The summed E-state index contributed by atoms with van der Waals surface area (Å²) in [5.41, 5.74) is 5.95. The molecule has 1 saturated carbocycles. The van der Waals surface area contributed by atoms with Gasteiger partial charge in [0.15, 0.2) is 11.5 Å². The van der Waals surface area contributed by atoms with Gasteiger partial charge in [0.25, 0.3) is 0 Å². The predicted molar refractivity (Wildman–Crippen MR) is 44.9 cm³/mol. The van der Waals surface area contributed by atoms with E-state index in [2.05, 4.69) is 0 Å². The fourth-order valence-corrected chi connectivity index (χ4v) is 1.39. The van der Waals surface area contributed by atoms with Gasteiger partial charge in [0, 0.05) is 6.07 Å². The molecule has 2 N–H and O–H groups in total. The van der Waals surface area contributed by atoms with Crippen LogP contribution in [0.2, 0.25) is 0 Å². The fraction of sp³-hybridized carbons (Fsp3) is 0.556. The van der Waals surface area contributed by atoms with E-state index in [9.17, 15) is 0 Å². The maximum Gasteiger partial charge on any atom is 0.162 e. The van der Waals surface area contributed by atoms with Gasteiger partial charge in [0.2, 0.25) is 0 Å². The van der Waals surface area contributed by atoms with Crippen LogP contribution in [0.5, 0.6) is 5.75 Å². The van der Waals surface area contributed by atoms with E-state index in [1.54, 1.807) is 19.4 Å². The van der Waals surface area contributed by atoms with Crippen LogP contribution in [-0.4, -0.2) is 7.11 Å². The number of methoxy groups -OCH3 is 1. The lowest BCUT2D eigenvalue weighted by Gasteiger charge is -2.08. The molecule has 3 heteroatoms. The molecule has 1 heterocycles. The van der Waals surface area contributed by atoms with Crippen LogP contribution >= 0.6 is 0 Å². The van der Waals surface area contributed by atoms with E-state index in [-0.39, 0.29) is 6.04 Å². The van der Waals surface area contributed by atoms with E-state index in [1.807, 2.05) is 0 Å². The second kappa shape index (κ2) is 2.83. The molecule has 0 aliphatic heterocycles. The lowest BCUT2D eigenvalue weighted by atomic mass is 10.1. The van der Waals surface area contributed by atoms with Crippen molar-refractivity contribution in [2.75, 3.05) is 7.11 Å². The third kappa shape index (κ3) is 1.20. The van der Waals surface area contributed by atoms with Crippen LogP contribution < -0.4 is 10.5 Å². The highest BCUT2D eigenvalue weighted by atomic mass is 16.5. The molecule has 1 unspecified atom stereocenters. The molecule has 1 aromatic rings. The molecule has 0 spiro atoms. The van der Waals surface area contributed by atoms with E-state index in [0.717, 1.165) is 11.5 Å². The van der Waals surface area contributed by atoms with Crippen LogP contribution in [0.1, 0.15) is 24.6 Å². The molecule has 1 aliphatic rings. The van der Waals surface area contributed by atoms with Crippen molar-refractivity contribution in [1.82, 2.24) is 0 Å². The van der Waals surface area contributed by atoms with Gasteiger partial charge >= 0.3 is 0 Å². The van der Waals surface area contributed by atoms with Crippen molar-refractivity contribution in [2.24, 2.45) is 11.7 Å². The Bertz CT molecular complexity index is 265. The van der Waals surface area contributed by atoms with Gasteiger partial charge in [-0.2, -0.15) is 0 Å². The first kappa shape index (κ1) is 7.68. The van der Waals surface area contributed by atoms with E-state index >= 15 is 0 Å². The first-order valence-corrected chi connectivity index (χ1v) is 4.20. The summed E-state index contributed by atoms with van der Waals surface area (Å²) in [5, 5.41) is 0. The largest absolute Gasteiger partial charge is 0.493 e. The van der Waals surface area contributed by atoms with Gasteiger partial charge in [0.1, 0.15) is 0 Å². The van der Waals surface area contributed by atoms with Crippen molar-refractivity contribution < 1.29 is 9.15 Å². The lowest BCUT2D eigenvalue weighted by Crippen LogP contribution is -2.12. The van der Waals surface area contributed by atoms with Crippen LogP contribution in [0, 0.1) is 5.92 Å². The summed E-state index contributed by atoms with van der Waals surface area (Å²) in [6, 6.07) is 1.83. The van der Waals surface area contributed by atoms with E-state index < -0.39 is 0 Å². The maximum atomic E-state index is 5.95. The quantitative estimate of drug-likeness (QED) is 0.745. The minimum Gasteiger partial charge on any atom is -0.493 e. The van der Waals surface area contributed by atoms with Crippen molar-refractivity contribution in [1.29, 1.82) is 0 Å². The van der Waals surface area contributed by atoms with Crippen LogP contribution in [0.4, 0.5) is 0 Å². The lowest BCUT2D eigenvalue weighted by molar-refractivity contribution is 0.369. The molecular formula is C9H13NO2. The molecule has 0 radical (unpaired) electrons. The van der Waals surface area contributed by atoms with Gasteiger partial charge in [-0.1, -0.05) is 0 Å². The van der Waals surface area contributed by atoms with Crippen LogP contribution in [0.15, 0.2) is 16.7 Å². The summed E-state index contributed by atoms with van der Waals surface area (Å²) in [6.45, 7) is 0. The highest BCUT2D eigenvalue weighted by Crippen LogP contribution is 2.42. The van der Waals surface area contributed by atoms with Gasteiger partial charge in [-0.15, -0.1) is 0 Å². The summed E-state index contributed by atoms with van der Waals surface area (Å²) in [4.78, 5) is 0. The van der Waals surface area contributed by atoms with Crippen LogP contribution in [0.25, 0.3) is 0 Å². The molecule has 0 bridgehead atoms. The van der Waals surface area contributed by atoms with E-state index in [4.69, 9.17) is 14.9 Å². The molecule has 0 amide bonds. The molecule has 66 valence electrons. The summed E-state index contributed by atoms with van der Waals surface area (Å²) >= 11 is 0. The van der Waals surface area contributed by atoms with Gasteiger partial charge < -0.3 is 14.9 Å². The van der Waals surface area contributed by atoms with Crippen molar-refractivity contribution in [3.8, 4) is 5.75 Å². The second-order valence-electron chi connectivity index (χ2n) is 3.22. The Balaban J connectivity index is 2.19. The van der Waals surface area contributed by atoms with Gasteiger partial charge in [-0.25, -0.2) is 0 Å². The number of furan rings is 1. The summed E-state index contributed by atoms with van der Waals surface area (Å²) in [7, 11) is 1.63. The Morgan fingerprint density at radius 3 is 3.00 bits per heavy atom. The number of nitrogens with two attached hydrogens (primary N) is 1. The molecule has 3 nitrogen and oxygen atoms in total. The zero-order chi connectivity index (χ0) is 8.55. The number of rotatable bonds is 3. The summed E-state index contributed by atoms with van der Waals surface area (Å²) in [5.74, 6) is 2.17. The smallest absolute Gasteiger partial charge is 0.162 e. The average molecular weight is 167 g/mol. The average Bonchev–Trinajstić information content (AvgIpc) is 2.82. The minimum absolute atomic E-state index is 0.0231. The van der Waals surface area contributed by atoms with E-state index in [1.165, 1.54) is 12.8 Å². The number of hydrogen-bond acceptors (Lipinski definition) is 3. The second-order valence-corrected chi connectivity index (χ2v) is 3.22. The third-order valence-electron chi connectivity index (χ3n) is 2.31. The molecule has 1 aliphatic carbocycles. The van der Waals surface area contributed by atoms with Gasteiger partial charge in [0.05, 0.1) is 19.4 Å². The summed E-state index contributed by atoms with van der Waals surface area (Å²) < 4.78 is 10.4. The van der Waals surface area contributed by atoms with Crippen molar-refractivity contribution >= 4 is 0 Å². The maximum absolute atomic E-state index is 5.95. The monoisotopic (exact) mass is 167 g/mol. The Morgan fingerprint density at radius 2 is 2.42 bits per heavy atom. The molecule has 0 saturated heterocycles. The number of ether oxygens (including phenoxy) is 1. The Labute approximate surface area is 71.5 Å². The minimum atomic E-state index is 0.0231. The van der Waals surface area contributed by atoms with Gasteiger partial charge in [-0.05, 0) is 18.8 Å². The molecule has 1 atom stereocenters. The molecule has 12 heavy (non-hydrogen) atoms. The normalized spacial score (nSPS) is 19.2. The fourth-order valence-electron chi connectivity index (χ4n) is 1.39. The first-order valence-electron chi connectivity index (χ1n) is 4.20. The van der Waals surface area contributed by atoms with Crippen molar-refractivity contribution in [3.05, 3.63) is 18.1 Å². The molecule has 1 fully saturated rings. The van der Waals surface area contributed by atoms with Crippen LogP contribution in [-0.2, 0) is 0 Å². The van der Waals surface area contributed by atoms with Crippen molar-refractivity contribution in [3.63, 3.8) is 0 Å². The topological polar surface area (TPSA) is 48.4 Å². The SMILES string of the molecule is COc1ccoc1C(N)C1CC1. The molecule has 0 aromatic carbocycles. The zero-order valence-electron chi connectivity index (χ0n) is 7.12. The summed E-state index contributed by atoms with van der Waals surface area (Å²) in [6.07, 6.45) is 4.05. The highest BCUT2D eigenvalue weighted by Gasteiger charge is 2.33. The Kier molecular flexibility index (Phi) is 1.81. The third-order valence-corrected chi connectivity index (χ3v) is 2.31. The van der Waals surface area contributed by atoms with Crippen LogP contribution in [0.3, 0.4) is 0 Å².